The van der Waals surface area contributed by atoms with Crippen molar-refractivity contribution in [1.29, 1.82) is 0 Å². The molecule has 1 fully saturated rings. The van der Waals surface area contributed by atoms with E-state index < -0.39 is 0 Å². The molecule has 2 nitrogen and oxygen atoms in total. The SMILES string of the molecule is Oc1ccc(Br)cc1OC1CCC1. The number of hydrogen-bond acceptors (Lipinski definition) is 2. The van der Waals surface area contributed by atoms with Crippen LogP contribution in [0, 0.1) is 0 Å². The zero-order valence-electron chi connectivity index (χ0n) is 7.16. The second-order valence-electron chi connectivity index (χ2n) is 3.28. The fourth-order valence-corrected chi connectivity index (χ4v) is 1.59. The molecular formula is C10H11BrO2. The van der Waals surface area contributed by atoms with Gasteiger partial charge in [-0.25, -0.2) is 0 Å². The van der Waals surface area contributed by atoms with Crippen molar-refractivity contribution in [3.8, 4) is 11.5 Å². The fraction of sp³-hybridized carbons (Fsp3) is 0.400. The fourth-order valence-electron chi connectivity index (χ4n) is 1.25. The Labute approximate surface area is 85.7 Å². The molecule has 2 rings (SSSR count). The monoisotopic (exact) mass is 242 g/mol. The van der Waals surface area contributed by atoms with Crippen LogP contribution in [0.5, 0.6) is 11.5 Å². The molecular weight excluding hydrogens is 232 g/mol. The summed E-state index contributed by atoms with van der Waals surface area (Å²) in [4.78, 5) is 0. The third-order valence-electron chi connectivity index (χ3n) is 2.27. The van der Waals surface area contributed by atoms with E-state index in [4.69, 9.17) is 4.74 Å². The van der Waals surface area contributed by atoms with E-state index in [9.17, 15) is 5.11 Å². The number of aromatic hydroxyl groups is 1. The molecule has 70 valence electrons. The van der Waals surface area contributed by atoms with Gasteiger partial charge >= 0.3 is 0 Å². The number of phenolic OH excluding ortho intramolecular Hbond substituents is 1. The van der Waals surface area contributed by atoms with Crippen LogP contribution in [0.2, 0.25) is 0 Å². The van der Waals surface area contributed by atoms with Crippen molar-refractivity contribution >= 4 is 15.9 Å². The molecule has 0 aliphatic heterocycles. The Morgan fingerprint density at radius 2 is 2.15 bits per heavy atom. The number of rotatable bonds is 2. The normalized spacial score (nSPS) is 16.7. The van der Waals surface area contributed by atoms with Crippen LogP contribution in [0.25, 0.3) is 0 Å². The molecule has 1 N–H and O–H groups in total. The minimum Gasteiger partial charge on any atom is -0.504 e. The molecule has 0 aromatic heterocycles. The zero-order chi connectivity index (χ0) is 9.26. The molecule has 13 heavy (non-hydrogen) atoms. The lowest BCUT2D eigenvalue weighted by Gasteiger charge is -2.26. The van der Waals surface area contributed by atoms with Crippen LogP contribution in [0.15, 0.2) is 22.7 Å². The van der Waals surface area contributed by atoms with Gasteiger partial charge in [0.15, 0.2) is 11.5 Å². The first-order chi connectivity index (χ1) is 6.25. The van der Waals surface area contributed by atoms with Gasteiger partial charge in [-0.3, -0.25) is 0 Å². The quantitative estimate of drug-likeness (QED) is 0.864. The Balaban J connectivity index is 2.13. The Morgan fingerprint density at radius 3 is 2.77 bits per heavy atom. The van der Waals surface area contributed by atoms with Crippen LogP contribution < -0.4 is 4.74 Å². The number of phenols is 1. The van der Waals surface area contributed by atoms with Gasteiger partial charge in [0, 0.05) is 4.47 Å². The van der Waals surface area contributed by atoms with Gasteiger partial charge in [0.1, 0.15) is 0 Å². The summed E-state index contributed by atoms with van der Waals surface area (Å²) in [5, 5.41) is 9.46. The van der Waals surface area contributed by atoms with Crippen LogP contribution in [-0.2, 0) is 0 Å². The minimum absolute atomic E-state index is 0.218. The third kappa shape index (κ3) is 1.97. The molecule has 1 aliphatic rings. The Morgan fingerprint density at radius 1 is 1.38 bits per heavy atom. The highest BCUT2D eigenvalue weighted by Crippen LogP contribution is 2.33. The van der Waals surface area contributed by atoms with Crippen molar-refractivity contribution in [2.24, 2.45) is 0 Å². The first-order valence-corrected chi connectivity index (χ1v) is 5.20. The first-order valence-electron chi connectivity index (χ1n) is 4.41. The van der Waals surface area contributed by atoms with E-state index in [-0.39, 0.29) is 5.75 Å². The highest BCUT2D eigenvalue weighted by molar-refractivity contribution is 9.10. The third-order valence-corrected chi connectivity index (χ3v) is 2.76. The van der Waals surface area contributed by atoms with Gasteiger partial charge in [-0.15, -0.1) is 0 Å². The molecule has 0 atom stereocenters. The molecule has 0 spiro atoms. The average molecular weight is 243 g/mol. The average Bonchev–Trinajstić information content (AvgIpc) is 2.03. The number of hydrogen-bond donors (Lipinski definition) is 1. The number of benzene rings is 1. The Kier molecular flexibility index (Phi) is 2.44. The largest absolute Gasteiger partial charge is 0.504 e. The highest BCUT2D eigenvalue weighted by Gasteiger charge is 2.20. The van der Waals surface area contributed by atoms with Crippen LogP contribution in [0.3, 0.4) is 0 Å². The second kappa shape index (κ2) is 3.58. The summed E-state index contributed by atoms with van der Waals surface area (Å²) < 4.78 is 6.51. The maximum atomic E-state index is 9.46. The maximum absolute atomic E-state index is 9.46. The maximum Gasteiger partial charge on any atom is 0.162 e. The molecule has 1 aromatic rings. The van der Waals surface area contributed by atoms with Crippen LogP contribution in [-0.4, -0.2) is 11.2 Å². The summed E-state index contributed by atoms with van der Waals surface area (Å²) in [7, 11) is 0. The van der Waals surface area contributed by atoms with Crippen molar-refractivity contribution in [2.75, 3.05) is 0 Å². The molecule has 0 heterocycles. The van der Waals surface area contributed by atoms with Crippen molar-refractivity contribution in [1.82, 2.24) is 0 Å². The smallest absolute Gasteiger partial charge is 0.162 e. The molecule has 0 unspecified atom stereocenters. The predicted molar refractivity (Wildman–Crippen MR) is 54.1 cm³/mol. The van der Waals surface area contributed by atoms with Crippen molar-refractivity contribution in [3.63, 3.8) is 0 Å². The van der Waals surface area contributed by atoms with Gasteiger partial charge in [-0.05, 0) is 37.5 Å². The molecule has 1 saturated carbocycles. The summed E-state index contributed by atoms with van der Waals surface area (Å²) in [6.07, 6.45) is 3.75. The molecule has 0 saturated heterocycles. The number of ether oxygens (including phenoxy) is 1. The van der Waals surface area contributed by atoms with Gasteiger partial charge < -0.3 is 9.84 Å². The lowest BCUT2D eigenvalue weighted by atomic mass is 9.96. The van der Waals surface area contributed by atoms with Crippen LogP contribution in [0.4, 0.5) is 0 Å². The van der Waals surface area contributed by atoms with Crippen molar-refractivity contribution < 1.29 is 9.84 Å². The Bertz CT molecular complexity index is 308. The standard InChI is InChI=1S/C10H11BrO2/c11-7-4-5-9(12)10(6-7)13-8-2-1-3-8/h4-6,8,12H,1-3H2. The van der Waals surface area contributed by atoms with E-state index in [1.807, 2.05) is 0 Å². The van der Waals surface area contributed by atoms with Crippen LogP contribution in [0.1, 0.15) is 19.3 Å². The minimum atomic E-state index is 0.218. The molecule has 0 radical (unpaired) electrons. The van der Waals surface area contributed by atoms with Gasteiger partial charge in [-0.2, -0.15) is 0 Å². The van der Waals surface area contributed by atoms with Crippen molar-refractivity contribution in [3.05, 3.63) is 22.7 Å². The Hall–Kier alpha value is -0.700. The van der Waals surface area contributed by atoms with Gasteiger partial charge in [0.05, 0.1) is 6.10 Å². The van der Waals surface area contributed by atoms with E-state index in [0.29, 0.717) is 11.9 Å². The topological polar surface area (TPSA) is 29.5 Å². The van der Waals surface area contributed by atoms with E-state index in [1.165, 1.54) is 6.42 Å². The van der Waals surface area contributed by atoms with Crippen LogP contribution >= 0.6 is 15.9 Å². The van der Waals surface area contributed by atoms with Gasteiger partial charge in [0.2, 0.25) is 0 Å². The molecule has 1 aliphatic carbocycles. The van der Waals surface area contributed by atoms with E-state index in [0.717, 1.165) is 17.3 Å². The molecule has 0 amide bonds. The number of halogens is 1. The summed E-state index contributed by atoms with van der Waals surface area (Å²) in [6, 6.07) is 5.23. The summed E-state index contributed by atoms with van der Waals surface area (Å²) in [5.74, 6) is 0.800. The van der Waals surface area contributed by atoms with Gasteiger partial charge in [-0.1, -0.05) is 15.9 Å². The van der Waals surface area contributed by atoms with Gasteiger partial charge in [0.25, 0.3) is 0 Å². The summed E-state index contributed by atoms with van der Waals surface area (Å²) in [5.41, 5.74) is 0. The zero-order valence-corrected chi connectivity index (χ0v) is 8.75. The highest BCUT2D eigenvalue weighted by atomic mass is 79.9. The lowest BCUT2D eigenvalue weighted by molar-refractivity contribution is 0.116. The van der Waals surface area contributed by atoms with Crippen molar-refractivity contribution in [2.45, 2.75) is 25.4 Å². The molecule has 3 heteroatoms. The lowest BCUT2D eigenvalue weighted by Crippen LogP contribution is -2.24. The van der Waals surface area contributed by atoms with E-state index >= 15 is 0 Å². The predicted octanol–water partition coefficient (Wildman–Crippen LogP) is 3.09. The summed E-state index contributed by atoms with van der Waals surface area (Å²) in [6.45, 7) is 0. The molecule has 0 bridgehead atoms. The van der Waals surface area contributed by atoms with E-state index in [2.05, 4.69) is 15.9 Å². The van der Waals surface area contributed by atoms with E-state index in [1.54, 1.807) is 18.2 Å². The first kappa shape index (κ1) is 8.88. The summed E-state index contributed by atoms with van der Waals surface area (Å²) >= 11 is 3.34. The molecule has 1 aromatic carbocycles. The second-order valence-corrected chi connectivity index (χ2v) is 4.20.